The minimum Gasteiger partial charge on any atom is -0.324 e. The normalized spacial score (nSPS) is 12.4. The van der Waals surface area contributed by atoms with Crippen LogP contribution < -0.4 is 5.73 Å². The van der Waals surface area contributed by atoms with Crippen molar-refractivity contribution in [2.45, 2.75) is 19.4 Å². The summed E-state index contributed by atoms with van der Waals surface area (Å²) in [5, 5.41) is 0.743. The van der Waals surface area contributed by atoms with Crippen molar-refractivity contribution in [3.05, 3.63) is 68.7 Å². The SMILES string of the molecule is Cc1cc(Cl)cc(C(N)Cc2ccccc2Br)c1. The highest BCUT2D eigenvalue weighted by Crippen LogP contribution is 2.24. The summed E-state index contributed by atoms with van der Waals surface area (Å²) in [6.07, 6.45) is 0.793. The van der Waals surface area contributed by atoms with Gasteiger partial charge in [-0.15, -0.1) is 0 Å². The lowest BCUT2D eigenvalue weighted by molar-refractivity contribution is 0.719. The van der Waals surface area contributed by atoms with Crippen molar-refractivity contribution in [1.29, 1.82) is 0 Å². The molecule has 0 bridgehead atoms. The Hall–Kier alpha value is -0.830. The molecule has 0 fully saturated rings. The predicted molar refractivity (Wildman–Crippen MR) is 81.0 cm³/mol. The van der Waals surface area contributed by atoms with E-state index in [1.54, 1.807) is 0 Å². The van der Waals surface area contributed by atoms with Crippen LogP contribution in [0.5, 0.6) is 0 Å². The van der Waals surface area contributed by atoms with Crippen LogP contribution in [-0.4, -0.2) is 0 Å². The van der Waals surface area contributed by atoms with Gasteiger partial charge in [-0.25, -0.2) is 0 Å². The fourth-order valence-electron chi connectivity index (χ4n) is 2.00. The summed E-state index contributed by atoms with van der Waals surface area (Å²) in [5.41, 5.74) is 9.68. The molecular formula is C15H15BrClN. The maximum atomic E-state index is 6.25. The van der Waals surface area contributed by atoms with E-state index in [2.05, 4.69) is 28.1 Å². The summed E-state index contributed by atoms with van der Waals surface area (Å²) in [4.78, 5) is 0. The van der Waals surface area contributed by atoms with Gasteiger partial charge in [0.25, 0.3) is 0 Å². The van der Waals surface area contributed by atoms with E-state index >= 15 is 0 Å². The monoisotopic (exact) mass is 323 g/mol. The van der Waals surface area contributed by atoms with E-state index in [1.807, 2.05) is 37.3 Å². The van der Waals surface area contributed by atoms with Crippen molar-refractivity contribution in [3.63, 3.8) is 0 Å². The molecule has 0 aromatic heterocycles. The van der Waals surface area contributed by atoms with Gasteiger partial charge in [-0.1, -0.05) is 51.8 Å². The molecule has 1 atom stereocenters. The highest BCUT2D eigenvalue weighted by molar-refractivity contribution is 9.10. The molecule has 0 aliphatic carbocycles. The number of rotatable bonds is 3. The Morgan fingerprint density at radius 1 is 1.22 bits per heavy atom. The third kappa shape index (κ3) is 3.35. The van der Waals surface area contributed by atoms with Gasteiger partial charge < -0.3 is 5.73 Å². The molecule has 3 heteroatoms. The van der Waals surface area contributed by atoms with Crippen molar-refractivity contribution in [1.82, 2.24) is 0 Å². The third-order valence-corrected chi connectivity index (χ3v) is 3.88. The Morgan fingerprint density at radius 3 is 2.61 bits per heavy atom. The highest BCUT2D eigenvalue weighted by Gasteiger charge is 2.10. The Morgan fingerprint density at radius 2 is 1.94 bits per heavy atom. The maximum absolute atomic E-state index is 6.25. The summed E-state index contributed by atoms with van der Waals surface area (Å²) in [6, 6.07) is 14.1. The largest absolute Gasteiger partial charge is 0.324 e. The Balaban J connectivity index is 2.22. The molecule has 2 rings (SSSR count). The van der Waals surface area contributed by atoms with Crippen molar-refractivity contribution in [3.8, 4) is 0 Å². The van der Waals surface area contributed by atoms with Crippen LogP contribution in [0, 0.1) is 6.92 Å². The average Bonchev–Trinajstić information content (AvgIpc) is 2.31. The maximum Gasteiger partial charge on any atom is 0.0411 e. The lowest BCUT2D eigenvalue weighted by Gasteiger charge is -2.14. The van der Waals surface area contributed by atoms with Crippen LogP contribution >= 0.6 is 27.5 Å². The first kappa shape index (κ1) is 13.6. The Labute approximate surface area is 121 Å². The van der Waals surface area contributed by atoms with E-state index in [-0.39, 0.29) is 6.04 Å². The van der Waals surface area contributed by atoms with E-state index in [9.17, 15) is 0 Å². The van der Waals surface area contributed by atoms with Crippen LogP contribution in [0.2, 0.25) is 5.02 Å². The van der Waals surface area contributed by atoms with Crippen LogP contribution in [-0.2, 0) is 6.42 Å². The van der Waals surface area contributed by atoms with E-state index < -0.39 is 0 Å². The molecule has 0 aliphatic rings. The summed E-state index contributed by atoms with van der Waals surface area (Å²) in [7, 11) is 0. The molecule has 18 heavy (non-hydrogen) atoms. The molecule has 0 heterocycles. The zero-order chi connectivity index (χ0) is 13.1. The van der Waals surface area contributed by atoms with Crippen molar-refractivity contribution >= 4 is 27.5 Å². The van der Waals surface area contributed by atoms with Crippen LogP contribution in [0.25, 0.3) is 0 Å². The van der Waals surface area contributed by atoms with Gasteiger partial charge in [0.05, 0.1) is 0 Å². The molecule has 0 aliphatic heterocycles. The fraction of sp³-hybridized carbons (Fsp3) is 0.200. The van der Waals surface area contributed by atoms with Crippen LogP contribution in [0.1, 0.15) is 22.7 Å². The quantitative estimate of drug-likeness (QED) is 0.873. The van der Waals surface area contributed by atoms with Gasteiger partial charge >= 0.3 is 0 Å². The van der Waals surface area contributed by atoms with Crippen LogP contribution in [0.4, 0.5) is 0 Å². The number of nitrogens with two attached hydrogens (primary N) is 1. The van der Waals surface area contributed by atoms with Gasteiger partial charge in [0.2, 0.25) is 0 Å². The molecule has 0 amide bonds. The van der Waals surface area contributed by atoms with E-state index in [0.717, 1.165) is 27.0 Å². The molecule has 2 N–H and O–H groups in total. The molecule has 0 saturated carbocycles. The van der Waals surface area contributed by atoms with Gasteiger partial charge in [0.15, 0.2) is 0 Å². The van der Waals surface area contributed by atoms with Gasteiger partial charge in [-0.2, -0.15) is 0 Å². The summed E-state index contributed by atoms with van der Waals surface area (Å²) in [6.45, 7) is 2.03. The molecular weight excluding hydrogens is 310 g/mol. The first-order valence-corrected chi connectivity index (χ1v) is 6.99. The summed E-state index contributed by atoms with van der Waals surface area (Å²) < 4.78 is 1.10. The second kappa shape index (κ2) is 5.87. The van der Waals surface area contributed by atoms with Crippen molar-refractivity contribution in [2.75, 3.05) is 0 Å². The molecule has 94 valence electrons. The predicted octanol–water partition coefficient (Wildman–Crippen LogP) is 4.65. The first-order valence-electron chi connectivity index (χ1n) is 5.82. The molecule has 1 unspecified atom stereocenters. The van der Waals surface area contributed by atoms with E-state index in [0.29, 0.717) is 0 Å². The van der Waals surface area contributed by atoms with Gasteiger partial charge in [0, 0.05) is 15.5 Å². The average molecular weight is 325 g/mol. The molecule has 1 nitrogen and oxygen atoms in total. The van der Waals surface area contributed by atoms with Gasteiger partial charge in [0.1, 0.15) is 0 Å². The smallest absolute Gasteiger partial charge is 0.0411 e. The lowest BCUT2D eigenvalue weighted by atomic mass is 9.98. The number of aryl methyl sites for hydroxylation is 1. The zero-order valence-corrected chi connectivity index (χ0v) is 12.5. The van der Waals surface area contributed by atoms with Gasteiger partial charge in [-0.3, -0.25) is 0 Å². The van der Waals surface area contributed by atoms with Gasteiger partial charge in [-0.05, 0) is 48.2 Å². The minimum atomic E-state index is -0.0406. The van der Waals surface area contributed by atoms with Crippen molar-refractivity contribution < 1.29 is 0 Å². The molecule has 2 aromatic carbocycles. The first-order chi connectivity index (χ1) is 8.56. The summed E-state index contributed by atoms with van der Waals surface area (Å²) >= 11 is 9.61. The lowest BCUT2D eigenvalue weighted by Crippen LogP contribution is -2.13. The number of hydrogen-bond donors (Lipinski definition) is 1. The Bertz CT molecular complexity index is 534. The minimum absolute atomic E-state index is 0.0406. The van der Waals surface area contributed by atoms with Crippen LogP contribution in [0.15, 0.2) is 46.9 Å². The second-order valence-electron chi connectivity index (χ2n) is 4.46. The second-order valence-corrected chi connectivity index (χ2v) is 5.75. The molecule has 0 radical (unpaired) electrons. The standard InChI is InChI=1S/C15H15BrClN/c1-10-6-12(8-13(17)7-10)15(18)9-11-4-2-3-5-14(11)16/h2-8,15H,9,18H2,1H3. The number of benzene rings is 2. The van der Waals surface area contributed by atoms with E-state index in [4.69, 9.17) is 17.3 Å². The Kier molecular flexibility index (Phi) is 4.44. The van der Waals surface area contributed by atoms with Crippen LogP contribution in [0.3, 0.4) is 0 Å². The number of hydrogen-bond acceptors (Lipinski definition) is 1. The topological polar surface area (TPSA) is 26.0 Å². The zero-order valence-electron chi connectivity index (χ0n) is 10.2. The summed E-state index contributed by atoms with van der Waals surface area (Å²) in [5.74, 6) is 0. The molecule has 2 aromatic rings. The third-order valence-electron chi connectivity index (χ3n) is 2.89. The van der Waals surface area contributed by atoms with Crippen molar-refractivity contribution in [2.24, 2.45) is 5.73 Å². The van der Waals surface area contributed by atoms with E-state index in [1.165, 1.54) is 5.56 Å². The number of halogens is 2. The molecule has 0 spiro atoms. The highest BCUT2D eigenvalue weighted by atomic mass is 79.9. The fourth-order valence-corrected chi connectivity index (χ4v) is 2.74. The molecule has 0 saturated heterocycles.